The van der Waals surface area contributed by atoms with E-state index in [0.29, 0.717) is 0 Å². The number of carbonyl (C=O) groups is 1. The Kier molecular flexibility index (Phi) is 3.77. The van der Waals surface area contributed by atoms with E-state index in [1.807, 2.05) is 0 Å². The summed E-state index contributed by atoms with van der Waals surface area (Å²) in [6.07, 6.45) is -2.70. The van der Waals surface area contributed by atoms with Crippen molar-refractivity contribution in [3.05, 3.63) is 20.9 Å². The minimum atomic E-state index is -2.70. The number of hydrogen-bond donors (Lipinski definition) is 1. The number of carbonyl (C=O) groups excluding carboxylic acids is 1. The largest absolute Gasteiger partial charge is 0.481 e. The van der Waals surface area contributed by atoms with Crippen molar-refractivity contribution in [3.8, 4) is 5.88 Å². The van der Waals surface area contributed by atoms with Crippen molar-refractivity contribution in [2.75, 3.05) is 7.11 Å². The lowest BCUT2D eigenvalue weighted by Gasteiger charge is -2.08. The number of aromatic nitrogens is 1. The van der Waals surface area contributed by atoms with Crippen LogP contribution in [-0.2, 0) is 0 Å². The fourth-order valence-electron chi connectivity index (χ4n) is 0.951. The molecule has 1 aromatic rings. The molecule has 0 fully saturated rings. The van der Waals surface area contributed by atoms with Gasteiger partial charge >= 0.3 is 0 Å². The normalized spacial score (nSPS) is 10.5. The second-order valence-corrected chi connectivity index (χ2v) is 3.66. The first-order valence-corrected chi connectivity index (χ1v) is 4.87. The quantitative estimate of drug-likeness (QED) is 0.860. The summed E-state index contributed by atoms with van der Waals surface area (Å²) in [6.45, 7) is 0. The molecule has 0 spiro atoms. The Morgan fingerprint density at radius 1 is 1.67 bits per heavy atom. The molecule has 0 aliphatic rings. The van der Waals surface area contributed by atoms with Gasteiger partial charge in [0.2, 0.25) is 5.88 Å². The second-order valence-electron chi connectivity index (χ2n) is 2.58. The summed E-state index contributed by atoms with van der Waals surface area (Å²) in [5.41, 5.74) is 4.49. The molecule has 1 aromatic heterocycles. The second kappa shape index (κ2) is 4.69. The van der Waals surface area contributed by atoms with E-state index in [2.05, 4.69) is 4.98 Å². The summed E-state index contributed by atoms with van der Waals surface area (Å²) in [4.78, 5) is 14.6. The molecular formula is C8H7F2IN2O2. The summed E-state index contributed by atoms with van der Waals surface area (Å²) < 4.78 is 29.8. The standard InChI is InChI=1S/C8H7F2IN2O2/c1-15-4-2-3(7(9)10)5(11)6(13-4)8(12)14/h2,7H,1H3,(H2,12,14). The minimum Gasteiger partial charge on any atom is -0.481 e. The number of nitrogens with two attached hydrogens (primary N) is 1. The average molecular weight is 328 g/mol. The maximum Gasteiger partial charge on any atom is 0.268 e. The van der Waals surface area contributed by atoms with E-state index in [-0.39, 0.29) is 20.7 Å². The van der Waals surface area contributed by atoms with Gasteiger partial charge in [0.1, 0.15) is 5.69 Å². The zero-order valence-electron chi connectivity index (χ0n) is 7.63. The molecule has 0 unspecified atom stereocenters. The van der Waals surface area contributed by atoms with E-state index in [4.69, 9.17) is 10.5 Å². The van der Waals surface area contributed by atoms with Crippen molar-refractivity contribution >= 4 is 28.5 Å². The van der Waals surface area contributed by atoms with Gasteiger partial charge in [-0.1, -0.05) is 0 Å². The van der Waals surface area contributed by atoms with Crippen LogP contribution in [0.15, 0.2) is 6.07 Å². The molecule has 1 rings (SSSR count). The Hall–Kier alpha value is -0.990. The third-order valence-corrected chi connectivity index (χ3v) is 2.77. The number of amides is 1. The van der Waals surface area contributed by atoms with Crippen molar-refractivity contribution in [2.45, 2.75) is 6.43 Å². The molecule has 82 valence electrons. The lowest BCUT2D eigenvalue weighted by molar-refractivity contribution is 0.0992. The highest BCUT2D eigenvalue weighted by Gasteiger charge is 2.20. The van der Waals surface area contributed by atoms with Crippen LogP contribution in [0.25, 0.3) is 0 Å². The molecule has 0 aliphatic carbocycles. The van der Waals surface area contributed by atoms with Crippen molar-refractivity contribution in [1.29, 1.82) is 0 Å². The van der Waals surface area contributed by atoms with Crippen LogP contribution in [0.1, 0.15) is 22.5 Å². The molecule has 15 heavy (non-hydrogen) atoms. The topological polar surface area (TPSA) is 65.2 Å². The van der Waals surface area contributed by atoms with E-state index in [9.17, 15) is 13.6 Å². The highest BCUT2D eigenvalue weighted by molar-refractivity contribution is 14.1. The number of hydrogen-bond acceptors (Lipinski definition) is 3. The number of ether oxygens (including phenoxy) is 1. The van der Waals surface area contributed by atoms with Gasteiger partial charge in [-0.3, -0.25) is 4.79 Å². The van der Waals surface area contributed by atoms with Crippen LogP contribution < -0.4 is 10.5 Å². The summed E-state index contributed by atoms with van der Waals surface area (Å²) >= 11 is 1.61. The number of alkyl halides is 2. The molecule has 0 aromatic carbocycles. The van der Waals surface area contributed by atoms with E-state index in [1.165, 1.54) is 7.11 Å². The molecule has 1 heterocycles. The van der Waals surface area contributed by atoms with Gasteiger partial charge in [-0.15, -0.1) is 0 Å². The predicted molar refractivity (Wildman–Crippen MR) is 57.0 cm³/mol. The smallest absolute Gasteiger partial charge is 0.268 e. The first-order chi connectivity index (χ1) is 6.97. The third-order valence-electron chi connectivity index (χ3n) is 1.64. The van der Waals surface area contributed by atoms with Gasteiger partial charge in [0, 0.05) is 11.6 Å². The zero-order valence-corrected chi connectivity index (χ0v) is 9.79. The molecule has 0 radical (unpaired) electrons. The van der Waals surface area contributed by atoms with Gasteiger partial charge in [0.15, 0.2) is 0 Å². The van der Waals surface area contributed by atoms with Crippen LogP contribution in [0.3, 0.4) is 0 Å². The Morgan fingerprint density at radius 2 is 2.27 bits per heavy atom. The number of pyridine rings is 1. The predicted octanol–water partition coefficient (Wildman–Crippen LogP) is 1.73. The molecule has 0 saturated carbocycles. The van der Waals surface area contributed by atoms with Gasteiger partial charge in [-0.05, 0) is 22.6 Å². The number of halogens is 3. The Morgan fingerprint density at radius 3 is 2.67 bits per heavy atom. The number of methoxy groups -OCH3 is 1. The van der Waals surface area contributed by atoms with Crippen LogP contribution in [0, 0.1) is 3.57 Å². The van der Waals surface area contributed by atoms with E-state index in [0.717, 1.165) is 6.07 Å². The third kappa shape index (κ3) is 2.52. The Bertz CT molecular complexity index is 398. The SMILES string of the molecule is COc1cc(C(F)F)c(I)c(C(N)=O)n1. The highest BCUT2D eigenvalue weighted by atomic mass is 127. The highest BCUT2D eigenvalue weighted by Crippen LogP contribution is 2.28. The van der Waals surface area contributed by atoms with Crippen LogP contribution in [0.2, 0.25) is 0 Å². The van der Waals surface area contributed by atoms with E-state index < -0.39 is 12.3 Å². The molecular weight excluding hydrogens is 321 g/mol. The summed E-state index contributed by atoms with van der Waals surface area (Å²) in [5, 5.41) is 0. The molecule has 0 saturated heterocycles. The Balaban J connectivity index is 3.40. The van der Waals surface area contributed by atoms with Crippen molar-refractivity contribution in [3.63, 3.8) is 0 Å². The number of nitrogens with zero attached hydrogens (tertiary/aromatic N) is 1. The molecule has 0 aliphatic heterocycles. The van der Waals surface area contributed by atoms with Gasteiger partial charge in [0.05, 0.1) is 10.7 Å². The Labute approximate surface area is 98.0 Å². The van der Waals surface area contributed by atoms with Crippen molar-refractivity contribution in [2.24, 2.45) is 5.73 Å². The van der Waals surface area contributed by atoms with Crippen LogP contribution >= 0.6 is 22.6 Å². The van der Waals surface area contributed by atoms with Gasteiger partial charge in [0.25, 0.3) is 12.3 Å². The lowest BCUT2D eigenvalue weighted by atomic mass is 10.2. The van der Waals surface area contributed by atoms with Crippen LogP contribution in [0.4, 0.5) is 8.78 Å². The molecule has 0 bridgehead atoms. The molecule has 7 heteroatoms. The van der Waals surface area contributed by atoms with E-state index in [1.54, 1.807) is 22.6 Å². The van der Waals surface area contributed by atoms with Gasteiger partial charge in [-0.25, -0.2) is 13.8 Å². The van der Waals surface area contributed by atoms with Gasteiger partial charge in [-0.2, -0.15) is 0 Å². The van der Waals surface area contributed by atoms with Crippen LogP contribution in [-0.4, -0.2) is 18.0 Å². The number of primary amides is 1. The summed E-state index contributed by atoms with van der Waals surface area (Å²) in [6, 6.07) is 1.08. The fourth-order valence-corrected chi connectivity index (χ4v) is 1.73. The lowest BCUT2D eigenvalue weighted by Crippen LogP contribution is -2.16. The molecule has 2 N–H and O–H groups in total. The maximum atomic E-state index is 12.5. The average Bonchev–Trinajstić information content (AvgIpc) is 2.17. The molecule has 4 nitrogen and oxygen atoms in total. The number of rotatable bonds is 3. The van der Waals surface area contributed by atoms with E-state index >= 15 is 0 Å². The maximum absolute atomic E-state index is 12.5. The molecule has 1 amide bonds. The van der Waals surface area contributed by atoms with Crippen molar-refractivity contribution < 1.29 is 18.3 Å². The fraction of sp³-hybridized carbons (Fsp3) is 0.250. The minimum absolute atomic E-state index is 0.0518. The summed E-state index contributed by atoms with van der Waals surface area (Å²) in [5.74, 6) is -0.917. The molecule has 0 atom stereocenters. The van der Waals surface area contributed by atoms with Gasteiger partial charge < -0.3 is 10.5 Å². The van der Waals surface area contributed by atoms with Crippen molar-refractivity contribution in [1.82, 2.24) is 4.98 Å². The monoisotopic (exact) mass is 328 g/mol. The summed E-state index contributed by atoms with van der Waals surface area (Å²) in [7, 11) is 1.27. The first-order valence-electron chi connectivity index (χ1n) is 3.79. The zero-order chi connectivity index (χ0) is 11.6. The first kappa shape index (κ1) is 12.1. The van der Waals surface area contributed by atoms with Crippen LogP contribution in [0.5, 0.6) is 5.88 Å².